The average molecular weight is 601 g/mol. The smallest absolute Gasteiger partial charge is 0.318 e. The van der Waals surface area contributed by atoms with Crippen LogP contribution in [0.15, 0.2) is 24.3 Å². The Morgan fingerprint density at radius 3 is 2.64 bits per heavy atom. The van der Waals surface area contributed by atoms with Gasteiger partial charge in [0, 0.05) is 24.5 Å². The lowest BCUT2D eigenvalue weighted by Crippen LogP contribution is -2.49. The van der Waals surface area contributed by atoms with E-state index >= 15 is 0 Å². The summed E-state index contributed by atoms with van der Waals surface area (Å²) in [5.74, 6) is -0.406. The number of β-amino-alcohol motifs (C(OH)–C–C–N with tert-alkyl or cyclic N) is 1. The fraction of sp³-hybridized carbons (Fsp3) is 0.515. The molecule has 0 aliphatic carbocycles. The van der Waals surface area contributed by atoms with Crippen LogP contribution in [-0.2, 0) is 13.0 Å². The van der Waals surface area contributed by atoms with Crippen LogP contribution in [0, 0.1) is 17.1 Å². The van der Waals surface area contributed by atoms with Gasteiger partial charge in [-0.3, -0.25) is 9.69 Å². The Bertz CT molecular complexity index is 1680. The number of halogens is 1. The van der Waals surface area contributed by atoms with Gasteiger partial charge in [0.2, 0.25) is 0 Å². The molecule has 1 amide bonds. The molecule has 1 atom stereocenters. The summed E-state index contributed by atoms with van der Waals surface area (Å²) in [6, 6.07) is 8.33. The quantitative estimate of drug-likeness (QED) is 0.405. The molecule has 1 unspecified atom stereocenters. The first-order valence-electron chi connectivity index (χ1n) is 15.6. The SMILES string of the molecule is CCc1c(F)ccc2cc(O)cc(N3Cc4nc(OCC56CCCN5CCC6)nc(N5CCCC(O)(CC#N)C5)c4C3=O)c12. The van der Waals surface area contributed by atoms with Gasteiger partial charge in [-0.15, -0.1) is 0 Å². The summed E-state index contributed by atoms with van der Waals surface area (Å²) in [5.41, 5.74) is 0.387. The first-order chi connectivity index (χ1) is 21.2. The minimum Gasteiger partial charge on any atom is -0.508 e. The van der Waals surface area contributed by atoms with E-state index in [0.717, 1.165) is 38.8 Å². The number of carbonyl (C=O) groups excluding carboxylic acids is 1. The maximum Gasteiger partial charge on any atom is 0.318 e. The molecule has 3 aromatic rings. The van der Waals surface area contributed by atoms with Crippen LogP contribution in [0.5, 0.6) is 11.8 Å². The lowest BCUT2D eigenvalue weighted by atomic mass is 9.90. The molecule has 4 aliphatic rings. The number of ether oxygens (including phenoxy) is 1. The van der Waals surface area contributed by atoms with E-state index in [1.807, 2.05) is 11.8 Å². The number of rotatable bonds is 7. The topological polar surface area (TPSA) is 126 Å². The van der Waals surface area contributed by atoms with Gasteiger partial charge >= 0.3 is 6.01 Å². The Balaban J connectivity index is 1.31. The molecule has 0 bridgehead atoms. The molecule has 7 rings (SSSR count). The van der Waals surface area contributed by atoms with Crippen LogP contribution < -0.4 is 14.5 Å². The molecule has 3 saturated heterocycles. The standard InChI is InChI=1S/C33H37FN6O4/c1-2-23-24(34)7-6-21-16-22(41)17-26(27(21)23)40-18-25-28(30(40)42)29(38-13-5-10-33(43,19-38)11-12-35)37-31(36-25)44-20-32-8-3-14-39(32)15-4-9-32/h6-7,16-17,41,43H,2-5,8-11,13-15,18-20H2,1H3. The van der Waals surface area contributed by atoms with Crippen LogP contribution in [0.1, 0.15) is 73.5 Å². The summed E-state index contributed by atoms with van der Waals surface area (Å²) < 4.78 is 21.3. The van der Waals surface area contributed by atoms with Crippen LogP contribution in [0.3, 0.4) is 0 Å². The van der Waals surface area contributed by atoms with Crippen molar-refractivity contribution in [3.8, 4) is 17.8 Å². The minimum absolute atomic E-state index is 0.0241. The van der Waals surface area contributed by atoms with Crippen molar-refractivity contribution in [2.75, 3.05) is 42.6 Å². The van der Waals surface area contributed by atoms with Crippen molar-refractivity contribution >= 4 is 28.2 Å². The van der Waals surface area contributed by atoms with Gasteiger partial charge in [-0.25, -0.2) is 4.39 Å². The van der Waals surface area contributed by atoms with Gasteiger partial charge in [0.05, 0.1) is 41.6 Å². The lowest BCUT2D eigenvalue weighted by Gasteiger charge is -2.39. The van der Waals surface area contributed by atoms with E-state index < -0.39 is 5.60 Å². The number of aromatic hydroxyl groups is 1. The van der Waals surface area contributed by atoms with Gasteiger partial charge in [-0.2, -0.15) is 15.2 Å². The number of amides is 1. The van der Waals surface area contributed by atoms with E-state index in [4.69, 9.17) is 14.7 Å². The van der Waals surface area contributed by atoms with E-state index in [9.17, 15) is 24.7 Å². The van der Waals surface area contributed by atoms with Crippen molar-refractivity contribution in [2.24, 2.45) is 0 Å². The van der Waals surface area contributed by atoms with Crippen molar-refractivity contribution in [3.63, 3.8) is 0 Å². The average Bonchev–Trinajstić information content (AvgIpc) is 3.68. The first kappa shape index (κ1) is 28.7. The van der Waals surface area contributed by atoms with E-state index in [1.165, 1.54) is 17.0 Å². The zero-order chi connectivity index (χ0) is 30.6. The number of aryl methyl sites for hydroxylation is 1. The van der Waals surface area contributed by atoms with Crippen LogP contribution in [0.4, 0.5) is 15.9 Å². The summed E-state index contributed by atoms with van der Waals surface area (Å²) in [7, 11) is 0. The van der Waals surface area contributed by atoms with Crippen molar-refractivity contribution in [2.45, 2.75) is 76.0 Å². The maximum absolute atomic E-state index is 15.0. The molecule has 44 heavy (non-hydrogen) atoms. The predicted octanol–water partition coefficient (Wildman–Crippen LogP) is 4.45. The molecule has 3 fully saturated rings. The Morgan fingerprint density at radius 1 is 1.11 bits per heavy atom. The Hall–Kier alpha value is -4.01. The lowest BCUT2D eigenvalue weighted by molar-refractivity contribution is 0.0301. The maximum atomic E-state index is 15.0. The van der Waals surface area contributed by atoms with Gasteiger partial charge in [-0.05, 0) is 81.1 Å². The van der Waals surface area contributed by atoms with Gasteiger partial charge in [-0.1, -0.05) is 13.0 Å². The number of phenols is 1. The number of hydrogen-bond donors (Lipinski definition) is 2. The number of phenolic OH excluding ortho intramolecular Hbond substituents is 1. The molecular weight excluding hydrogens is 563 g/mol. The second kappa shape index (κ2) is 10.9. The molecule has 10 nitrogen and oxygen atoms in total. The number of fused-ring (bicyclic) bond motifs is 3. The molecule has 0 spiro atoms. The van der Waals surface area contributed by atoms with Gasteiger partial charge in [0.1, 0.15) is 29.6 Å². The van der Waals surface area contributed by atoms with Gasteiger partial charge < -0.3 is 24.7 Å². The van der Waals surface area contributed by atoms with Crippen molar-refractivity contribution < 1.29 is 24.1 Å². The number of piperidine rings is 1. The molecule has 2 aromatic carbocycles. The monoisotopic (exact) mass is 600 g/mol. The van der Waals surface area contributed by atoms with Crippen LogP contribution in [0.25, 0.3) is 10.8 Å². The third-order valence-electron chi connectivity index (χ3n) is 10.0. The fourth-order valence-corrected chi connectivity index (χ4v) is 7.93. The van der Waals surface area contributed by atoms with E-state index in [2.05, 4.69) is 11.0 Å². The minimum atomic E-state index is -1.23. The molecule has 11 heteroatoms. The number of hydrogen-bond acceptors (Lipinski definition) is 9. The summed E-state index contributed by atoms with van der Waals surface area (Å²) in [4.78, 5) is 29.7. The van der Waals surface area contributed by atoms with Gasteiger partial charge in [0.15, 0.2) is 0 Å². The Labute approximate surface area is 255 Å². The number of benzene rings is 2. The highest BCUT2D eigenvalue weighted by atomic mass is 19.1. The normalized spacial score (nSPS) is 22.8. The largest absolute Gasteiger partial charge is 0.508 e. The highest BCUT2D eigenvalue weighted by molar-refractivity contribution is 6.16. The molecule has 5 heterocycles. The Morgan fingerprint density at radius 2 is 1.89 bits per heavy atom. The van der Waals surface area contributed by atoms with Crippen LogP contribution in [-0.4, -0.2) is 74.9 Å². The molecule has 230 valence electrons. The van der Waals surface area contributed by atoms with Gasteiger partial charge in [0.25, 0.3) is 5.91 Å². The molecule has 0 saturated carbocycles. The zero-order valence-electron chi connectivity index (χ0n) is 25.0. The fourth-order valence-electron chi connectivity index (χ4n) is 7.93. The number of aromatic nitrogens is 2. The van der Waals surface area contributed by atoms with Crippen molar-refractivity contribution in [1.29, 1.82) is 5.26 Å². The second-order valence-corrected chi connectivity index (χ2v) is 12.8. The van der Waals surface area contributed by atoms with E-state index in [1.54, 1.807) is 12.1 Å². The zero-order valence-corrected chi connectivity index (χ0v) is 25.0. The van der Waals surface area contributed by atoms with Crippen LogP contribution >= 0.6 is 0 Å². The predicted molar refractivity (Wildman–Crippen MR) is 162 cm³/mol. The molecule has 0 radical (unpaired) electrons. The Kier molecular flexibility index (Phi) is 7.09. The number of aliphatic hydroxyl groups is 1. The number of carbonyl (C=O) groups is 1. The number of anilines is 2. The molecule has 4 aliphatic heterocycles. The summed E-state index contributed by atoms with van der Waals surface area (Å²) in [6.45, 7) is 5.22. The number of nitriles is 1. The summed E-state index contributed by atoms with van der Waals surface area (Å²) in [5, 5.41) is 32.4. The van der Waals surface area contributed by atoms with E-state index in [0.29, 0.717) is 71.5 Å². The third-order valence-corrected chi connectivity index (χ3v) is 10.0. The molecule has 1 aromatic heterocycles. The first-order valence-corrected chi connectivity index (χ1v) is 15.6. The van der Waals surface area contributed by atoms with Crippen LogP contribution in [0.2, 0.25) is 0 Å². The van der Waals surface area contributed by atoms with Crippen molar-refractivity contribution in [1.82, 2.24) is 14.9 Å². The molecular formula is C33H37FN6O4. The number of nitrogens with zero attached hydrogens (tertiary/aromatic N) is 6. The highest BCUT2D eigenvalue weighted by Crippen LogP contribution is 2.43. The highest BCUT2D eigenvalue weighted by Gasteiger charge is 2.46. The second-order valence-electron chi connectivity index (χ2n) is 12.8. The molecule has 2 N–H and O–H groups in total. The summed E-state index contributed by atoms with van der Waals surface area (Å²) in [6.07, 6.45) is 5.87. The van der Waals surface area contributed by atoms with Crippen molar-refractivity contribution in [3.05, 3.63) is 46.9 Å². The van der Waals surface area contributed by atoms with E-state index in [-0.39, 0.29) is 48.5 Å². The third kappa shape index (κ3) is 4.72. The summed E-state index contributed by atoms with van der Waals surface area (Å²) >= 11 is 0.